The molecule has 21 heavy (non-hydrogen) atoms. The number of rotatable bonds is 7. The smallest absolute Gasteiger partial charge is 0.106 e. The molecule has 4 heteroatoms. The average Bonchev–Trinajstić information content (AvgIpc) is 3.02. The molecule has 2 unspecified atom stereocenters. The third kappa shape index (κ3) is 4.42. The van der Waals surface area contributed by atoms with E-state index in [0.29, 0.717) is 0 Å². The second-order valence-electron chi connectivity index (χ2n) is 6.74. The maximum atomic E-state index is 9.35. The molecule has 0 aromatic rings. The second-order valence-corrected chi connectivity index (χ2v) is 6.74. The highest BCUT2D eigenvalue weighted by Gasteiger charge is 2.29. The molecule has 0 spiro atoms. The molecule has 2 aliphatic rings. The second kappa shape index (κ2) is 8.12. The first-order valence-corrected chi connectivity index (χ1v) is 8.79. The zero-order chi connectivity index (χ0) is 15.1. The van der Waals surface area contributed by atoms with Crippen LogP contribution >= 0.6 is 0 Å². The van der Waals surface area contributed by atoms with Gasteiger partial charge in [-0.15, -0.1) is 0 Å². The van der Waals surface area contributed by atoms with Crippen LogP contribution in [-0.4, -0.2) is 61.2 Å². The summed E-state index contributed by atoms with van der Waals surface area (Å²) in [4.78, 5) is 5.31. The minimum Gasteiger partial charge on any atom is -0.302 e. The van der Waals surface area contributed by atoms with Gasteiger partial charge in [0.25, 0.3) is 0 Å². The van der Waals surface area contributed by atoms with Gasteiger partial charge in [0.05, 0.1) is 6.07 Å². The summed E-state index contributed by atoms with van der Waals surface area (Å²) in [5, 5.41) is 12.6. The van der Waals surface area contributed by atoms with E-state index in [1.54, 1.807) is 0 Å². The predicted octanol–water partition coefficient (Wildman–Crippen LogP) is 2.22. The fourth-order valence-corrected chi connectivity index (χ4v) is 3.87. The molecule has 120 valence electrons. The van der Waals surface area contributed by atoms with Crippen molar-refractivity contribution in [2.75, 3.05) is 39.8 Å². The highest BCUT2D eigenvalue weighted by Crippen LogP contribution is 2.22. The summed E-state index contributed by atoms with van der Waals surface area (Å²) in [6, 6.07) is 3.26. The summed E-state index contributed by atoms with van der Waals surface area (Å²) >= 11 is 0. The van der Waals surface area contributed by atoms with Gasteiger partial charge in [0, 0.05) is 12.6 Å². The van der Waals surface area contributed by atoms with Gasteiger partial charge in [-0.25, -0.2) is 0 Å². The Morgan fingerprint density at radius 1 is 1.24 bits per heavy atom. The normalized spacial score (nSPS) is 27.4. The van der Waals surface area contributed by atoms with Crippen molar-refractivity contribution in [3.05, 3.63) is 0 Å². The van der Waals surface area contributed by atoms with Crippen LogP contribution in [0.3, 0.4) is 0 Å². The van der Waals surface area contributed by atoms with Crippen LogP contribution in [0.25, 0.3) is 0 Å². The molecule has 2 saturated heterocycles. The Bertz CT molecular complexity index is 339. The molecule has 0 amide bonds. The van der Waals surface area contributed by atoms with Crippen molar-refractivity contribution in [1.29, 1.82) is 5.26 Å². The van der Waals surface area contributed by atoms with Gasteiger partial charge in [-0.05, 0) is 71.8 Å². The lowest BCUT2D eigenvalue weighted by molar-refractivity contribution is 0.161. The van der Waals surface area contributed by atoms with Gasteiger partial charge in [0.15, 0.2) is 0 Å². The quantitative estimate of drug-likeness (QED) is 0.781. The van der Waals surface area contributed by atoms with Crippen LogP contribution in [0, 0.1) is 11.3 Å². The molecule has 0 aromatic heterocycles. The van der Waals surface area contributed by atoms with E-state index < -0.39 is 0 Å². The van der Waals surface area contributed by atoms with Gasteiger partial charge in [0.1, 0.15) is 5.54 Å². The Labute approximate surface area is 130 Å². The average molecular weight is 292 g/mol. The third-order valence-electron chi connectivity index (χ3n) is 5.53. The van der Waals surface area contributed by atoms with E-state index in [1.165, 1.54) is 51.9 Å². The third-order valence-corrected chi connectivity index (χ3v) is 5.53. The maximum Gasteiger partial charge on any atom is 0.106 e. The molecular formula is C17H32N4. The van der Waals surface area contributed by atoms with Crippen molar-refractivity contribution in [3.8, 4) is 6.07 Å². The van der Waals surface area contributed by atoms with Crippen LogP contribution in [0.4, 0.5) is 0 Å². The lowest BCUT2D eigenvalue weighted by Gasteiger charge is -2.32. The monoisotopic (exact) mass is 292 g/mol. The standard InChI is InChI=1S/C17H32N4/c1-3-17(15-18,19-2)9-7-10-20-13-8-16(14-20)21-11-5-4-6-12-21/h16,19H,3-14H2,1-2H3. The fourth-order valence-electron chi connectivity index (χ4n) is 3.87. The number of nitrogens with zero attached hydrogens (tertiary/aromatic N) is 3. The van der Waals surface area contributed by atoms with E-state index in [9.17, 15) is 5.26 Å². The summed E-state index contributed by atoms with van der Waals surface area (Å²) in [7, 11) is 1.91. The van der Waals surface area contributed by atoms with Crippen molar-refractivity contribution in [1.82, 2.24) is 15.1 Å². The number of likely N-dealkylation sites (tertiary alicyclic amines) is 2. The Morgan fingerprint density at radius 2 is 2.00 bits per heavy atom. The van der Waals surface area contributed by atoms with Gasteiger partial charge >= 0.3 is 0 Å². The van der Waals surface area contributed by atoms with E-state index in [0.717, 1.165) is 31.8 Å². The van der Waals surface area contributed by atoms with Gasteiger partial charge < -0.3 is 10.2 Å². The fraction of sp³-hybridized carbons (Fsp3) is 0.941. The Morgan fingerprint density at radius 3 is 2.62 bits per heavy atom. The number of piperidine rings is 1. The van der Waals surface area contributed by atoms with E-state index >= 15 is 0 Å². The topological polar surface area (TPSA) is 42.3 Å². The first kappa shape index (κ1) is 16.7. The molecule has 2 atom stereocenters. The summed E-state index contributed by atoms with van der Waals surface area (Å²) in [6.45, 7) is 8.35. The maximum absolute atomic E-state index is 9.35. The van der Waals surface area contributed by atoms with Crippen molar-refractivity contribution in [2.45, 2.75) is 63.5 Å². The Kier molecular flexibility index (Phi) is 6.47. The summed E-state index contributed by atoms with van der Waals surface area (Å²) in [5.74, 6) is 0. The SMILES string of the molecule is CCC(C#N)(CCCN1CCC(N2CCCCC2)C1)NC. The molecule has 0 saturated carbocycles. The molecule has 0 aliphatic carbocycles. The Hall–Kier alpha value is -0.630. The highest BCUT2D eigenvalue weighted by molar-refractivity contribution is 5.05. The van der Waals surface area contributed by atoms with Crippen LogP contribution in [-0.2, 0) is 0 Å². The molecule has 0 bridgehead atoms. The first-order chi connectivity index (χ1) is 10.2. The largest absolute Gasteiger partial charge is 0.302 e. The van der Waals surface area contributed by atoms with Crippen LogP contribution in [0.2, 0.25) is 0 Å². The molecule has 2 fully saturated rings. The van der Waals surface area contributed by atoms with Crippen molar-refractivity contribution in [3.63, 3.8) is 0 Å². The molecule has 1 N–H and O–H groups in total. The highest BCUT2D eigenvalue weighted by atomic mass is 15.3. The Balaban J connectivity index is 1.69. The molecule has 2 rings (SSSR count). The van der Waals surface area contributed by atoms with Crippen LogP contribution < -0.4 is 5.32 Å². The van der Waals surface area contributed by atoms with E-state index in [4.69, 9.17) is 0 Å². The first-order valence-electron chi connectivity index (χ1n) is 8.79. The summed E-state index contributed by atoms with van der Waals surface area (Å²) < 4.78 is 0. The minimum atomic E-state index is -0.313. The number of nitriles is 1. The van der Waals surface area contributed by atoms with E-state index in [2.05, 4.69) is 28.1 Å². The van der Waals surface area contributed by atoms with E-state index in [-0.39, 0.29) is 5.54 Å². The van der Waals surface area contributed by atoms with Gasteiger partial charge in [-0.3, -0.25) is 4.90 Å². The van der Waals surface area contributed by atoms with Crippen LogP contribution in [0.5, 0.6) is 0 Å². The summed E-state index contributed by atoms with van der Waals surface area (Å²) in [6.07, 6.45) is 8.50. The van der Waals surface area contributed by atoms with Crippen LogP contribution in [0.15, 0.2) is 0 Å². The number of hydrogen-bond acceptors (Lipinski definition) is 4. The molecule has 0 radical (unpaired) electrons. The molecular weight excluding hydrogens is 260 g/mol. The van der Waals surface area contributed by atoms with Crippen molar-refractivity contribution < 1.29 is 0 Å². The molecule has 2 heterocycles. The number of nitrogens with one attached hydrogen (secondary N) is 1. The van der Waals surface area contributed by atoms with E-state index in [1.807, 2.05) is 7.05 Å². The predicted molar refractivity (Wildman–Crippen MR) is 87.2 cm³/mol. The lowest BCUT2D eigenvalue weighted by Crippen LogP contribution is -2.42. The number of hydrogen-bond donors (Lipinski definition) is 1. The lowest BCUT2D eigenvalue weighted by atomic mass is 9.92. The van der Waals surface area contributed by atoms with Gasteiger partial charge in [-0.1, -0.05) is 13.3 Å². The van der Waals surface area contributed by atoms with Crippen LogP contribution in [0.1, 0.15) is 51.9 Å². The summed E-state index contributed by atoms with van der Waals surface area (Å²) in [5.41, 5.74) is -0.313. The van der Waals surface area contributed by atoms with Gasteiger partial charge in [-0.2, -0.15) is 5.26 Å². The van der Waals surface area contributed by atoms with Crippen molar-refractivity contribution >= 4 is 0 Å². The molecule has 0 aromatic carbocycles. The minimum absolute atomic E-state index is 0.313. The zero-order valence-corrected chi connectivity index (χ0v) is 13.9. The molecule has 2 aliphatic heterocycles. The zero-order valence-electron chi connectivity index (χ0n) is 13.9. The van der Waals surface area contributed by atoms with Gasteiger partial charge in [0.2, 0.25) is 0 Å². The van der Waals surface area contributed by atoms with Crippen molar-refractivity contribution in [2.24, 2.45) is 0 Å². The molecule has 4 nitrogen and oxygen atoms in total.